The molecular formula is C26H24ClN3O6. The molecule has 0 bridgehead atoms. The van der Waals surface area contributed by atoms with E-state index in [1.807, 2.05) is 12.1 Å². The second-order valence-electron chi connectivity index (χ2n) is 8.16. The maximum Gasteiger partial charge on any atom is 0.341 e. The summed E-state index contributed by atoms with van der Waals surface area (Å²) in [6.07, 6.45) is 4.58. The van der Waals surface area contributed by atoms with E-state index in [0.29, 0.717) is 22.0 Å². The fourth-order valence-corrected chi connectivity index (χ4v) is 3.59. The van der Waals surface area contributed by atoms with Crippen LogP contribution in [0.1, 0.15) is 6.92 Å². The molecule has 1 unspecified atom stereocenters. The average Bonchev–Trinajstić information content (AvgIpc) is 3.32. The lowest BCUT2D eigenvalue weighted by Gasteiger charge is -2.22. The van der Waals surface area contributed by atoms with Gasteiger partial charge in [0, 0.05) is 22.8 Å². The number of carbonyl (C=O) groups is 1. The van der Waals surface area contributed by atoms with Crippen LogP contribution >= 0.6 is 11.6 Å². The van der Waals surface area contributed by atoms with Crippen LogP contribution in [0.25, 0.3) is 22.3 Å². The monoisotopic (exact) mass is 509 g/mol. The highest BCUT2D eigenvalue weighted by atomic mass is 35.5. The van der Waals surface area contributed by atoms with E-state index in [9.17, 15) is 14.7 Å². The topological polar surface area (TPSA) is 104 Å². The number of nitrogens with zero attached hydrogens (tertiary/aromatic N) is 3. The number of aliphatic hydroxyl groups is 1. The van der Waals surface area contributed by atoms with E-state index in [-0.39, 0.29) is 24.5 Å². The number of rotatable bonds is 9. The Morgan fingerprint density at radius 3 is 2.61 bits per heavy atom. The standard InChI is InChI=1S/C26H24ClN3O6/c1-4-11-35-25(32)26(2,33)15-36-22-10-9-20(13-23(22)34-3)29-16-28-30-14-18(12-21(30)24(29)31)17-5-7-19(27)8-6-17/h4-10,12-14,16,33H,1,11,15H2,2-3H3. The number of ether oxygens (including phenoxy) is 3. The second kappa shape index (κ2) is 10.3. The van der Waals surface area contributed by atoms with E-state index in [1.165, 1.54) is 35.5 Å². The van der Waals surface area contributed by atoms with Crippen molar-refractivity contribution in [2.75, 3.05) is 20.3 Å². The number of benzene rings is 2. The Morgan fingerprint density at radius 2 is 1.92 bits per heavy atom. The zero-order valence-electron chi connectivity index (χ0n) is 19.7. The number of carbonyl (C=O) groups excluding carboxylic acids is 1. The smallest absolute Gasteiger partial charge is 0.341 e. The van der Waals surface area contributed by atoms with E-state index < -0.39 is 11.6 Å². The minimum atomic E-state index is -1.88. The quantitative estimate of drug-likeness (QED) is 0.271. The molecule has 4 rings (SSSR count). The first-order valence-corrected chi connectivity index (χ1v) is 11.3. The summed E-state index contributed by atoms with van der Waals surface area (Å²) >= 11 is 5.98. The van der Waals surface area contributed by atoms with Crippen molar-refractivity contribution in [1.82, 2.24) is 14.2 Å². The molecular weight excluding hydrogens is 486 g/mol. The first-order valence-electron chi connectivity index (χ1n) is 10.9. The minimum Gasteiger partial charge on any atom is -0.493 e. The summed E-state index contributed by atoms with van der Waals surface area (Å²) in [7, 11) is 1.44. The normalized spacial score (nSPS) is 12.7. The van der Waals surface area contributed by atoms with Gasteiger partial charge >= 0.3 is 5.97 Å². The van der Waals surface area contributed by atoms with Crippen molar-refractivity contribution >= 4 is 23.1 Å². The van der Waals surface area contributed by atoms with Crippen LogP contribution in [0.5, 0.6) is 11.5 Å². The molecule has 186 valence electrons. The van der Waals surface area contributed by atoms with Crippen molar-refractivity contribution < 1.29 is 24.1 Å². The highest BCUT2D eigenvalue weighted by molar-refractivity contribution is 6.30. The third-order valence-corrected chi connectivity index (χ3v) is 5.67. The van der Waals surface area contributed by atoms with Crippen molar-refractivity contribution in [2.45, 2.75) is 12.5 Å². The molecule has 0 radical (unpaired) electrons. The number of esters is 1. The Kier molecular flexibility index (Phi) is 7.14. The molecule has 0 aliphatic carbocycles. The average molecular weight is 510 g/mol. The van der Waals surface area contributed by atoms with Gasteiger partial charge in [-0.25, -0.2) is 9.31 Å². The third kappa shape index (κ3) is 5.12. The van der Waals surface area contributed by atoms with E-state index in [2.05, 4.69) is 11.7 Å². The number of methoxy groups -OCH3 is 1. The molecule has 9 nitrogen and oxygen atoms in total. The molecule has 10 heteroatoms. The summed E-state index contributed by atoms with van der Waals surface area (Å²) in [5.74, 6) is -0.270. The molecule has 0 saturated heterocycles. The van der Waals surface area contributed by atoms with Gasteiger partial charge in [-0.3, -0.25) is 9.36 Å². The molecule has 4 aromatic rings. The van der Waals surface area contributed by atoms with Gasteiger partial charge in [0.15, 0.2) is 17.1 Å². The summed E-state index contributed by atoms with van der Waals surface area (Å²) in [5, 5.41) is 15.4. The summed E-state index contributed by atoms with van der Waals surface area (Å²) in [6.45, 7) is 4.36. The van der Waals surface area contributed by atoms with Gasteiger partial charge in [0.05, 0.1) is 12.8 Å². The molecule has 36 heavy (non-hydrogen) atoms. The predicted molar refractivity (Wildman–Crippen MR) is 135 cm³/mol. The van der Waals surface area contributed by atoms with E-state index >= 15 is 0 Å². The number of halogens is 1. The SMILES string of the molecule is C=CCOC(=O)C(C)(O)COc1ccc(-n2cnn3cc(-c4ccc(Cl)cc4)cc3c2=O)cc1OC. The molecule has 2 aromatic heterocycles. The summed E-state index contributed by atoms with van der Waals surface area (Å²) in [5.41, 5.74) is 0.447. The molecule has 2 heterocycles. The van der Waals surface area contributed by atoms with Crippen LogP contribution in [-0.4, -0.2) is 51.2 Å². The van der Waals surface area contributed by atoms with E-state index in [1.54, 1.807) is 42.6 Å². The van der Waals surface area contributed by atoms with Gasteiger partial charge in [-0.2, -0.15) is 5.10 Å². The van der Waals surface area contributed by atoms with Gasteiger partial charge in [-0.05, 0) is 42.8 Å². The Labute approximate surface area is 211 Å². The lowest BCUT2D eigenvalue weighted by molar-refractivity contribution is -0.165. The molecule has 0 aliphatic heterocycles. The molecule has 0 spiro atoms. The van der Waals surface area contributed by atoms with Crippen LogP contribution in [0, 0.1) is 0 Å². The summed E-state index contributed by atoms with van der Waals surface area (Å²) < 4.78 is 18.8. The van der Waals surface area contributed by atoms with Crippen LogP contribution in [0.3, 0.4) is 0 Å². The number of fused-ring (bicyclic) bond motifs is 1. The molecule has 1 atom stereocenters. The second-order valence-corrected chi connectivity index (χ2v) is 8.59. The Morgan fingerprint density at radius 1 is 1.17 bits per heavy atom. The lowest BCUT2D eigenvalue weighted by Crippen LogP contribution is -2.42. The summed E-state index contributed by atoms with van der Waals surface area (Å²) in [6, 6.07) is 13.9. The zero-order valence-corrected chi connectivity index (χ0v) is 20.4. The van der Waals surface area contributed by atoms with Gasteiger partial charge in [0.25, 0.3) is 5.56 Å². The van der Waals surface area contributed by atoms with Crippen molar-refractivity contribution in [1.29, 1.82) is 0 Å². The molecule has 0 saturated carbocycles. The van der Waals surface area contributed by atoms with Gasteiger partial charge in [-0.1, -0.05) is 36.4 Å². The van der Waals surface area contributed by atoms with Crippen molar-refractivity contribution in [3.8, 4) is 28.3 Å². The van der Waals surface area contributed by atoms with Crippen molar-refractivity contribution in [2.24, 2.45) is 0 Å². The van der Waals surface area contributed by atoms with Crippen LogP contribution in [0.2, 0.25) is 5.02 Å². The largest absolute Gasteiger partial charge is 0.493 e. The highest BCUT2D eigenvalue weighted by Crippen LogP contribution is 2.30. The molecule has 0 aliphatic rings. The summed E-state index contributed by atoms with van der Waals surface area (Å²) in [4.78, 5) is 25.3. The maximum absolute atomic E-state index is 13.2. The molecule has 1 N–H and O–H groups in total. The third-order valence-electron chi connectivity index (χ3n) is 5.41. The van der Waals surface area contributed by atoms with Crippen LogP contribution in [0.4, 0.5) is 0 Å². The highest BCUT2D eigenvalue weighted by Gasteiger charge is 2.33. The number of hydrogen-bond donors (Lipinski definition) is 1. The predicted octanol–water partition coefficient (Wildman–Crippen LogP) is 3.67. The zero-order chi connectivity index (χ0) is 25.9. The van der Waals surface area contributed by atoms with E-state index in [0.717, 1.165) is 11.1 Å². The molecule has 2 aromatic carbocycles. The number of hydrogen-bond acceptors (Lipinski definition) is 7. The van der Waals surface area contributed by atoms with Gasteiger partial charge < -0.3 is 19.3 Å². The first kappa shape index (κ1) is 25.0. The minimum absolute atomic E-state index is 0.0248. The van der Waals surface area contributed by atoms with E-state index in [4.69, 9.17) is 25.8 Å². The Bertz CT molecular complexity index is 1470. The van der Waals surface area contributed by atoms with Gasteiger partial charge in [-0.15, -0.1) is 0 Å². The maximum atomic E-state index is 13.2. The molecule has 0 amide bonds. The van der Waals surface area contributed by atoms with Crippen molar-refractivity contribution in [3.05, 3.63) is 89.1 Å². The fourth-order valence-electron chi connectivity index (χ4n) is 3.47. The fraction of sp³-hybridized carbons (Fsp3) is 0.192. The van der Waals surface area contributed by atoms with Gasteiger partial charge in [0.2, 0.25) is 0 Å². The Hall–Kier alpha value is -4.08. The lowest BCUT2D eigenvalue weighted by atomic mass is 10.1. The van der Waals surface area contributed by atoms with Crippen molar-refractivity contribution in [3.63, 3.8) is 0 Å². The van der Waals surface area contributed by atoms with Crippen LogP contribution in [-0.2, 0) is 9.53 Å². The van der Waals surface area contributed by atoms with Crippen LogP contribution < -0.4 is 15.0 Å². The number of aromatic nitrogens is 3. The molecule has 0 fully saturated rings. The van der Waals surface area contributed by atoms with Crippen LogP contribution in [0.15, 0.2) is 78.5 Å². The first-order chi connectivity index (χ1) is 17.2. The Balaban J connectivity index is 1.60. The van der Waals surface area contributed by atoms with Gasteiger partial charge in [0.1, 0.15) is 25.1 Å².